The van der Waals surface area contributed by atoms with Gasteiger partial charge in [-0.3, -0.25) is 14.5 Å². The van der Waals surface area contributed by atoms with Gasteiger partial charge in [-0.25, -0.2) is 0 Å². The quantitative estimate of drug-likeness (QED) is 0.672. The van der Waals surface area contributed by atoms with Gasteiger partial charge in [0.1, 0.15) is 24.7 Å². The molecule has 3 aromatic rings. The third-order valence-electron chi connectivity index (χ3n) is 4.92. The van der Waals surface area contributed by atoms with Crippen LogP contribution in [0, 0.1) is 0 Å². The van der Waals surface area contributed by atoms with Gasteiger partial charge in [0.15, 0.2) is 0 Å². The lowest BCUT2D eigenvalue weighted by Gasteiger charge is -2.20. The summed E-state index contributed by atoms with van der Waals surface area (Å²) in [6.07, 6.45) is 0. The molecule has 4 rings (SSSR count). The van der Waals surface area contributed by atoms with Crippen LogP contribution in [-0.2, 0) is 4.79 Å². The number of ether oxygens (including phenoxy) is 2. The van der Waals surface area contributed by atoms with Gasteiger partial charge in [-0.2, -0.15) is 0 Å². The normalized spacial score (nSPS) is 13.4. The Balaban J connectivity index is 1.36. The third kappa shape index (κ3) is 3.74. The molecule has 1 aliphatic heterocycles. The lowest BCUT2D eigenvalue weighted by molar-refractivity contribution is -0.120. The van der Waals surface area contributed by atoms with E-state index in [0.29, 0.717) is 17.9 Å². The van der Waals surface area contributed by atoms with Gasteiger partial charge in [0.25, 0.3) is 5.91 Å². The van der Waals surface area contributed by atoms with Crippen molar-refractivity contribution in [2.75, 3.05) is 25.2 Å². The second kappa shape index (κ2) is 7.83. The van der Waals surface area contributed by atoms with Gasteiger partial charge < -0.3 is 14.8 Å². The van der Waals surface area contributed by atoms with Crippen molar-refractivity contribution in [3.63, 3.8) is 0 Å². The topological polar surface area (TPSA) is 67.9 Å². The molecule has 0 aromatic heterocycles. The summed E-state index contributed by atoms with van der Waals surface area (Å²) in [6.45, 7) is 2.16. The molecule has 0 spiro atoms. The van der Waals surface area contributed by atoms with Gasteiger partial charge in [0.05, 0.1) is 18.8 Å². The Bertz CT molecular complexity index is 1060. The maximum atomic E-state index is 12.8. The van der Waals surface area contributed by atoms with Crippen LogP contribution in [0.4, 0.5) is 5.69 Å². The van der Waals surface area contributed by atoms with Crippen molar-refractivity contribution in [3.8, 4) is 11.5 Å². The predicted molar refractivity (Wildman–Crippen MR) is 112 cm³/mol. The van der Waals surface area contributed by atoms with E-state index in [9.17, 15) is 9.59 Å². The largest absolute Gasteiger partial charge is 0.497 e. The van der Waals surface area contributed by atoms with Gasteiger partial charge in [0.2, 0.25) is 5.91 Å². The summed E-state index contributed by atoms with van der Waals surface area (Å²) in [7, 11) is 1.61. The Kier molecular flexibility index (Phi) is 5.08. The van der Waals surface area contributed by atoms with E-state index in [4.69, 9.17) is 9.47 Å². The number of hydrogen-bond donors (Lipinski definition) is 1. The van der Waals surface area contributed by atoms with E-state index in [0.717, 1.165) is 22.2 Å². The van der Waals surface area contributed by atoms with Crippen molar-refractivity contribution in [2.45, 2.75) is 13.0 Å². The Morgan fingerprint density at radius 3 is 2.45 bits per heavy atom. The molecular formula is C23H22N2O4. The van der Waals surface area contributed by atoms with E-state index in [1.165, 1.54) is 4.90 Å². The molecule has 1 N–H and O–H groups in total. The molecule has 0 saturated carbocycles. The molecule has 3 aromatic carbocycles. The second-order valence-electron chi connectivity index (χ2n) is 7.03. The molecule has 1 aliphatic rings. The highest BCUT2D eigenvalue weighted by Gasteiger charge is 2.31. The zero-order valence-electron chi connectivity index (χ0n) is 16.3. The van der Waals surface area contributed by atoms with Crippen molar-refractivity contribution in [3.05, 3.63) is 66.2 Å². The van der Waals surface area contributed by atoms with E-state index in [1.807, 2.05) is 61.5 Å². The standard InChI is InChI=1S/C23H22N2O4/c1-15(14-29-18-11-9-17(28-2)10-12-18)24-21(26)13-25-20-8-4-6-16-5-3-7-19(22(16)20)23(25)27/h3-12,15H,13-14H2,1-2H3,(H,24,26)/t15-/m1/s1. The maximum absolute atomic E-state index is 12.8. The predicted octanol–water partition coefficient (Wildman–Crippen LogP) is 3.39. The number of anilines is 1. The molecule has 0 saturated heterocycles. The Labute approximate surface area is 169 Å². The average molecular weight is 390 g/mol. The first-order chi connectivity index (χ1) is 14.1. The van der Waals surface area contributed by atoms with E-state index >= 15 is 0 Å². The maximum Gasteiger partial charge on any atom is 0.259 e. The summed E-state index contributed by atoms with van der Waals surface area (Å²) in [5.74, 6) is 1.08. The molecule has 6 nitrogen and oxygen atoms in total. The summed E-state index contributed by atoms with van der Waals surface area (Å²) >= 11 is 0. The molecule has 0 radical (unpaired) electrons. The summed E-state index contributed by atoms with van der Waals surface area (Å²) in [4.78, 5) is 26.8. The number of carbonyl (C=O) groups is 2. The molecule has 2 amide bonds. The zero-order chi connectivity index (χ0) is 20.4. The second-order valence-corrected chi connectivity index (χ2v) is 7.03. The first-order valence-corrected chi connectivity index (χ1v) is 9.46. The van der Waals surface area contributed by atoms with Crippen LogP contribution in [0.5, 0.6) is 11.5 Å². The molecule has 148 valence electrons. The number of carbonyl (C=O) groups excluding carboxylic acids is 2. The third-order valence-corrected chi connectivity index (χ3v) is 4.92. The molecular weight excluding hydrogens is 368 g/mol. The lowest BCUT2D eigenvalue weighted by atomic mass is 10.1. The van der Waals surface area contributed by atoms with Crippen LogP contribution in [0.15, 0.2) is 60.7 Å². The number of methoxy groups -OCH3 is 1. The van der Waals surface area contributed by atoms with Crippen LogP contribution in [0.2, 0.25) is 0 Å². The molecule has 1 atom stereocenters. The highest BCUT2D eigenvalue weighted by atomic mass is 16.5. The highest BCUT2D eigenvalue weighted by Crippen LogP contribution is 2.36. The van der Waals surface area contributed by atoms with E-state index in [2.05, 4.69) is 5.32 Å². The first kappa shape index (κ1) is 18.8. The average Bonchev–Trinajstić information content (AvgIpc) is 3.00. The number of amides is 2. The van der Waals surface area contributed by atoms with Gasteiger partial charge >= 0.3 is 0 Å². The summed E-state index contributed by atoms with van der Waals surface area (Å²) < 4.78 is 10.8. The minimum Gasteiger partial charge on any atom is -0.497 e. The van der Waals surface area contributed by atoms with Crippen LogP contribution in [-0.4, -0.2) is 38.1 Å². The van der Waals surface area contributed by atoms with E-state index in [-0.39, 0.29) is 24.4 Å². The molecule has 0 bridgehead atoms. The van der Waals surface area contributed by atoms with Crippen molar-refractivity contribution >= 4 is 28.3 Å². The molecule has 0 unspecified atom stereocenters. The fourth-order valence-corrected chi connectivity index (χ4v) is 3.54. The number of nitrogens with one attached hydrogen (secondary N) is 1. The Morgan fingerprint density at radius 2 is 1.72 bits per heavy atom. The number of benzene rings is 3. The number of hydrogen-bond acceptors (Lipinski definition) is 4. The molecule has 1 heterocycles. The summed E-state index contributed by atoms with van der Waals surface area (Å²) in [6, 6.07) is 18.4. The van der Waals surface area contributed by atoms with Crippen LogP contribution < -0.4 is 19.7 Å². The van der Waals surface area contributed by atoms with Gasteiger partial charge in [-0.1, -0.05) is 24.3 Å². The molecule has 6 heteroatoms. The van der Waals surface area contributed by atoms with Crippen LogP contribution in [0.3, 0.4) is 0 Å². The van der Waals surface area contributed by atoms with E-state index < -0.39 is 0 Å². The van der Waals surface area contributed by atoms with Crippen LogP contribution >= 0.6 is 0 Å². The van der Waals surface area contributed by atoms with Crippen LogP contribution in [0.1, 0.15) is 17.3 Å². The van der Waals surface area contributed by atoms with Gasteiger partial charge in [-0.05, 0) is 48.7 Å². The van der Waals surface area contributed by atoms with Crippen LogP contribution in [0.25, 0.3) is 10.8 Å². The first-order valence-electron chi connectivity index (χ1n) is 9.46. The fourth-order valence-electron chi connectivity index (χ4n) is 3.54. The minimum absolute atomic E-state index is 0.0283. The summed E-state index contributed by atoms with van der Waals surface area (Å²) in [5.41, 5.74) is 1.42. The molecule has 0 fully saturated rings. The number of nitrogens with zero attached hydrogens (tertiary/aromatic N) is 1. The monoisotopic (exact) mass is 390 g/mol. The molecule has 29 heavy (non-hydrogen) atoms. The lowest BCUT2D eigenvalue weighted by Crippen LogP contribution is -2.44. The van der Waals surface area contributed by atoms with Gasteiger partial charge in [-0.15, -0.1) is 0 Å². The highest BCUT2D eigenvalue weighted by molar-refractivity contribution is 6.26. The Morgan fingerprint density at radius 1 is 1.03 bits per heavy atom. The smallest absolute Gasteiger partial charge is 0.259 e. The minimum atomic E-state index is -0.228. The SMILES string of the molecule is COc1ccc(OC[C@@H](C)NC(=O)CN2C(=O)c3cccc4cccc2c34)cc1. The van der Waals surface area contributed by atoms with Gasteiger partial charge in [0, 0.05) is 10.9 Å². The van der Waals surface area contributed by atoms with Crippen molar-refractivity contribution in [2.24, 2.45) is 0 Å². The number of rotatable bonds is 7. The molecule has 0 aliphatic carbocycles. The van der Waals surface area contributed by atoms with Crippen molar-refractivity contribution in [1.29, 1.82) is 0 Å². The zero-order valence-corrected chi connectivity index (χ0v) is 16.3. The Hall–Kier alpha value is -3.54. The summed E-state index contributed by atoms with van der Waals surface area (Å²) in [5, 5.41) is 4.80. The fraction of sp³-hybridized carbons (Fsp3) is 0.217. The van der Waals surface area contributed by atoms with Crippen molar-refractivity contribution in [1.82, 2.24) is 5.32 Å². The van der Waals surface area contributed by atoms with E-state index in [1.54, 1.807) is 13.2 Å². The van der Waals surface area contributed by atoms with Crippen molar-refractivity contribution < 1.29 is 19.1 Å².